The zero-order valence-corrected chi connectivity index (χ0v) is 22.0. The van der Waals surface area contributed by atoms with Crippen LogP contribution in [0.4, 0.5) is 0 Å². The van der Waals surface area contributed by atoms with Crippen LogP contribution < -0.4 is 4.74 Å². The molecule has 0 aromatic heterocycles. The summed E-state index contributed by atoms with van der Waals surface area (Å²) in [7, 11) is -2.99. The fraction of sp³-hybridized carbons (Fsp3) is 0.682. The maximum Gasteiger partial charge on any atom is 0.233 e. The molecule has 0 bridgehead atoms. The van der Waals surface area contributed by atoms with Gasteiger partial charge in [0.25, 0.3) is 0 Å². The summed E-state index contributed by atoms with van der Waals surface area (Å²) in [5.74, 6) is -0.168. The van der Waals surface area contributed by atoms with E-state index in [9.17, 15) is 13.2 Å². The molecule has 2 rings (SSSR count). The lowest BCUT2D eigenvalue weighted by Crippen LogP contribution is -2.71. The molecule has 1 aromatic rings. The molecule has 1 aliphatic heterocycles. The van der Waals surface area contributed by atoms with Gasteiger partial charge in [0, 0.05) is 6.54 Å². The van der Waals surface area contributed by atoms with Crippen LogP contribution in [0.15, 0.2) is 24.3 Å². The maximum atomic E-state index is 13.5. The Kier molecular flexibility index (Phi) is 6.87. The first kappa shape index (κ1) is 24.9. The molecule has 0 N–H and O–H groups in total. The van der Waals surface area contributed by atoms with Crippen molar-refractivity contribution in [2.24, 2.45) is 5.92 Å². The number of likely N-dealkylation sites (tertiary alicyclic amines) is 1. The Balaban J connectivity index is 2.37. The van der Waals surface area contributed by atoms with Crippen molar-refractivity contribution in [3.63, 3.8) is 0 Å². The number of carbonyl (C=O) groups excluding carboxylic acids is 1. The molecule has 1 fully saturated rings. The minimum Gasteiger partial charge on any atom is -0.497 e. The van der Waals surface area contributed by atoms with E-state index < -0.39 is 41.2 Å². The fourth-order valence-corrected chi connectivity index (χ4v) is 6.49. The molecule has 1 saturated heterocycles. The van der Waals surface area contributed by atoms with Gasteiger partial charge >= 0.3 is 0 Å². The van der Waals surface area contributed by atoms with Crippen LogP contribution in [0.3, 0.4) is 0 Å². The van der Waals surface area contributed by atoms with Crippen LogP contribution in [-0.4, -0.2) is 51.8 Å². The number of hydrogen-bond donors (Lipinski definition) is 0. The monoisotopic (exact) mass is 455 g/mol. The third-order valence-electron chi connectivity index (χ3n) is 5.45. The standard InChI is InChI=1S/C22H37NO5SSi/c1-20(2,3)29(25,26)19-17(22(7,8)28-30-21(4,5)6)18(24)23(19)14-15-10-12-16(27-9)13-11-15/h10-13,17,19H,14,30H2,1-9H3. The van der Waals surface area contributed by atoms with E-state index >= 15 is 0 Å². The molecular weight excluding hydrogens is 418 g/mol. The molecule has 30 heavy (non-hydrogen) atoms. The molecule has 6 nitrogen and oxygen atoms in total. The van der Waals surface area contributed by atoms with Crippen molar-refractivity contribution in [1.29, 1.82) is 0 Å². The third kappa shape index (κ3) is 5.08. The lowest BCUT2D eigenvalue weighted by molar-refractivity contribution is -0.164. The molecule has 0 radical (unpaired) electrons. The molecule has 1 heterocycles. The van der Waals surface area contributed by atoms with E-state index in [1.54, 1.807) is 27.9 Å². The second kappa shape index (κ2) is 8.28. The summed E-state index contributed by atoms with van der Waals surface area (Å²) in [6, 6.07) is 7.33. The Bertz CT molecular complexity index is 866. The summed E-state index contributed by atoms with van der Waals surface area (Å²) in [4.78, 5) is 14.7. The molecule has 1 aliphatic rings. The summed E-state index contributed by atoms with van der Waals surface area (Å²) in [5.41, 5.74) is 0.0233. The highest BCUT2D eigenvalue weighted by Crippen LogP contribution is 2.44. The van der Waals surface area contributed by atoms with E-state index in [1.807, 2.05) is 38.1 Å². The summed E-state index contributed by atoms with van der Waals surface area (Å²) < 4.78 is 37.4. The smallest absolute Gasteiger partial charge is 0.233 e. The number of hydrogen-bond acceptors (Lipinski definition) is 5. The average Bonchev–Trinajstić information content (AvgIpc) is 2.61. The first-order valence-corrected chi connectivity index (χ1v) is 13.2. The SMILES string of the molecule is COc1ccc(CN2C(=O)C(C(C)(C)O[SiH2]C(C)(C)C)C2S(=O)(=O)C(C)(C)C)cc1. The number of rotatable bonds is 7. The molecule has 0 aliphatic carbocycles. The lowest BCUT2D eigenvalue weighted by Gasteiger charge is -2.54. The van der Waals surface area contributed by atoms with Crippen LogP contribution >= 0.6 is 0 Å². The minimum atomic E-state index is -3.62. The summed E-state index contributed by atoms with van der Waals surface area (Å²) in [6.07, 6.45) is 0. The zero-order valence-electron chi connectivity index (χ0n) is 19.8. The third-order valence-corrected chi connectivity index (χ3v) is 10.1. The van der Waals surface area contributed by atoms with Gasteiger partial charge in [0.1, 0.15) is 17.0 Å². The molecule has 0 spiro atoms. The van der Waals surface area contributed by atoms with Gasteiger partial charge in [-0.05, 0) is 57.4 Å². The van der Waals surface area contributed by atoms with Crippen LogP contribution in [0.2, 0.25) is 5.04 Å². The number of carbonyl (C=O) groups is 1. The van der Waals surface area contributed by atoms with Gasteiger partial charge in [-0.1, -0.05) is 32.9 Å². The second-order valence-corrected chi connectivity index (χ2v) is 16.3. The fourth-order valence-electron chi connectivity index (χ4n) is 3.46. The van der Waals surface area contributed by atoms with Crippen LogP contribution in [0.1, 0.15) is 61.0 Å². The van der Waals surface area contributed by atoms with Gasteiger partial charge in [-0.2, -0.15) is 0 Å². The highest BCUT2D eigenvalue weighted by atomic mass is 32.2. The normalized spacial score (nSPS) is 21.2. The Morgan fingerprint density at radius 3 is 1.97 bits per heavy atom. The van der Waals surface area contributed by atoms with E-state index in [4.69, 9.17) is 9.16 Å². The van der Waals surface area contributed by atoms with Crippen molar-refractivity contribution in [2.45, 2.75) is 82.7 Å². The number of β-lactam (4-membered cyclic amide) rings is 1. The Hall–Kier alpha value is -1.38. The van der Waals surface area contributed by atoms with Gasteiger partial charge in [-0.15, -0.1) is 0 Å². The summed E-state index contributed by atoms with van der Waals surface area (Å²) in [6.45, 7) is 15.3. The van der Waals surface area contributed by atoms with Gasteiger partial charge in [0.2, 0.25) is 5.91 Å². The van der Waals surface area contributed by atoms with Gasteiger partial charge in [0.15, 0.2) is 19.6 Å². The Morgan fingerprint density at radius 1 is 1.00 bits per heavy atom. The van der Waals surface area contributed by atoms with E-state index in [0.29, 0.717) is 5.75 Å². The van der Waals surface area contributed by atoms with Crippen LogP contribution in [0, 0.1) is 5.92 Å². The van der Waals surface area contributed by atoms with E-state index in [-0.39, 0.29) is 17.5 Å². The lowest BCUT2D eigenvalue weighted by atomic mass is 9.82. The number of ether oxygens (including phenoxy) is 1. The van der Waals surface area contributed by atoms with Crippen molar-refractivity contribution in [1.82, 2.24) is 4.90 Å². The topological polar surface area (TPSA) is 72.9 Å². The number of sulfone groups is 1. The Morgan fingerprint density at radius 2 is 1.53 bits per heavy atom. The van der Waals surface area contributed by atoms with Gasteiger partial charge in [-0.25, -0.2) is 8.42 Å². The highest BCUT2D eigenvalue weighted by Gasteiger charge is 2.62. The summed E-state index contributed by atoms with van der Waals surface area (Å²) in [5, 5.41) is -0.860. The molecule has 1 amide bonds. The van der Waals surface area contributed by atoms with Gasteiger partial charge in [0.05, 0.1) is 17.5 Å². The van der Waals surface area contributed by atoms with Crippen LogP contribution in [0.5, 0.6) is 5.75 Å². The first-order chi connectivity index (χ1) is 13.5. The molecule has 170 valence electrons. The largest absolute Gasteiger partial charge is 0.497 e. The molecule has 2 unspecified atom stereocenters. The van der Waals surface area contributed by atoms with Crippen LogP contribution in [0.25, 0.3) is 0 Å². The molecule has 8 heteroatoms. The Labute approximate surface area is 184 Å². The highest BCUT2D eigenvalue weighted by molar-refractivity contribution is 7.93. The predicted molar refractivity (Wildman–Crippen MR) is 123 cm³/mol. The molecular formula is C22H37NO5SSi. The van der Waals surface area contributed by atoms with Crippen molar-refractivity contribution >= 4 is 25.5 Å². The van der Waals surface area contributed by atoms with Crippen LogP contribution in [-0.2, 0) is 25.6 Å². The molecule has 2 atom stereocenters. The quantitative estimate of drug-likeness (QED) is 0.466. The van der Waals surface area contributed by atoms with Crippen molar-refractivity contribution < 1.29 is 22.4 Å². The van der Waals surface area contributed by atoms with E-state index in [0.717, 1.165) is 5.56 Å². The maximum absolute atomic E-state index is 13.5. The number of amides is 1. The number of benzene rings is 1. The number of methoxy groups -OCH3 is 1. The second-order valence-electron chi connectivity index (χ2n) is 10.8. The van der Waals surface area contributed by atoms with Gasteiger partial charge in [-0.3, -0.25) is 4.79 Å². The zero-order chi connectivity index (χ0) is 23.1. The van der Waals surface area contributed by atoms with E-state index in [1.165, 1.54) is 4.90 Å². The van der Waals surface area contributed by atoms with Gasteiger partial charge < -0.3 is 14.1 Å². The van der Waals surface area contributed by atoms with Crippen molar-refractivity contribution in [3.05, 3.63) is 29.8 Å². The number of nitrogens with zero attached hydrogens (tertiary/aromatic N) is 1. The molecule has 0 saturated carbocycles. The van der Waals surface area contributed by atoms with Crippen molar-refractivity contribution in [3.8, 4) is 5.75 Å². The minimum absolute atomic E-state index is 0.0469. The van der Waals surface area contributed by atoms with Crippen molar-refractivity contribution in [2.75, 3.05) is 7.11 Å². The van der Waals surface area contributed by atoms with E-state index in [2.05, 4.69) is 20.8 Å². The average molecular weight is 456 g/mol. The first-order valence-electron chi connectivity index (χ1n) is 10.3. The summed E-state index contributed by atoms with van der Waals surface area (Å²) >= 11 is 0. The predicted octanol–water partition coefficient (Wildman–Crippen LogP) is 3.29. The molecule has 1 aromatic carbocycles.